The molecule has 0 saturated carbocycles. The smallest absolute Gasteiger partial charge is 0.315 e. The van der Waals surface area contributed by atoms with E-state index in [4.69, 9.17) is 28.3 Å². The number of para-hydroxylation sites is 1. The van der Waals surface area contributed by atoms with Gasteiger partial charge in [-0.2, -0.15) is 5.10 Å². The van der Waals surface area contributed by atoms with E-state index in [1.807, 2.05) is 51.1 Å². The van der Waals surface area contributed by atoms with Crippen molar-refractivity contribution in [1.29, 1.82) is 0 Å². The van der Waals surface area contributed by atoms with Gasteiger partial charge in [0.25, 0.3) is 0 Å². The van der Waals surface area contributed by atoms with E-state index in [2.05, 4.69) is 31.4 Å². The molecule has 3 aromatic rings. The van der Waals surface area contributed by atoms with Crippen LogP contribution in [0.5, 0.6) is 0 Å². The molecule has 3 amide bonds. The number of hydrogen-bond donors (Lipinski definition) is 2. The minimum Gasteiger partial charge on any atom is -0.315 e. The molecular weight excluding hydrogens is 497 g/mol. The molecule has 192 valence electrons. The van der Waals surface area contributed by atoms with Crippen LogP contribution < -0.4 is 10.6 Å². The number of nitrogens with zero attached hydrogens (tertiary/aromatic N) is 3. The lowest BCUT2D eigenvalue weighted by Crippen LogP contribution is -2.42. The van der Waals surface area contributed by atoms with Gasteiger partial charge in [-0.1, -0.05) is 76.0 Å². The second kappa shape index (κ2) is 11.4. The summed E-state index contributed by atoms with van der Waals surface area (Å²) in [7, 11) is 0. The molecule has 2 aromatic carbocycles. The highest BCUT2D eigenvalue weighted by Gasteiger charge is 2.24. The highest BCUT2D eigenvalue weighted by atomic mass is 35.5. The minimum absolute atomic E-state index is 0.135. The number of nitrogens with one attached hydrogen (secondary N) is 2. The van der Waals surface area contributed by atoms with E-state index in [0.29, 0.717) is 28.1 Å². The standard InChI is InChI=1S/C27H33Cl2N5O2/c1-17(2)15-33(26(36)31-25-20(28)11-8-12-21(25)29)16-24(35)30-23-14-22(27(4,5)6)32-34(23)19-10-7-9-18(3)13-19/h7-14,17H,15-16H2,1-6H3,(H,30,35)(H,31,36). The van der Waals surface area contributed by atoms with Gasteiger partial charge in [0.1, 0.15) is 12.4 Å². The average molecular weight is 531 g/mol. The molecule has 1 aromatic heterocycles. The molecular formula is C27H33Cl2N5O2. The normalized spacial score (nSPS) is 11.5. The Morgan fingerprint density at radius 1 is 1.03 bits per heavy atom. The maximum atomic E-state index is 13.2. The van der Waals surface area contributed by atoms with Crippen LogP contribution in [0.3, 0.4) is 0 Å². The third-order valence-electron chi connectivity index (χ3n) is 5.39. The van der Waals surface area contributed by atoms with Gasteiger partial charge >= 0.3 is 6.03 Å². The molecule has 2 N–H and O–H groups in total. The van der Waals surface area contributed by atoms with Gasteiger partial charge in [0.05, 0.1) is 27.1 Å². The first-order valence-electron chi connectivity index (χ1n) is 11.8. The number of anilines is 2. The lowest BCUT2D eigenvalue weighted by Gasteiger charge is -2.25. The molecule has 1 heterocycles. The van der Waals surface area contributed by atoms with Crippen molar-refractivity contribution in [2.75, 3.05) is 23.7 Å². The van der Waals surface area contributed by atoms with Crippen LogP contribution in [0.25, 0.3) is 5.69 Å². The molecule has 0 radical (unpaired) electrons. The maximum absolute atomic E-state index is 13.2. The number of amides is 3. The summed E-state index contributed by atoms with van der Waals surface area (Å²) in [5, 5.41) is 11.1. The largest absolute Gasteiger partial charge is 0.322 e. The summed E-state index contributed by atoms with van der Waals surface area (Å²) in [6, 6.07) is 14.3. The Morgan fingerprint density at radius 3 is 2.25 bits per heavy atom. The molecule has 0 aliphatic rings. The summed E-state index contributed by atoms with van der Waals surface area (Å²) in [6.07, 6.45) is 0. The van der Waals surface area contributed by atoms with E-state index in [9.17, 15) is 9.59 Å². The molecule has 0 spiro atoms. The molecule has 0 aliphatic heterocycles. The molecule has 9 heteroatoms. The summed E-state index contributed by atoms with van der Waals surface area (Å²) in [5.74, 6) is 0.329. The lowest BCUT2D eigenvalue weighted by atomic mass is 9.92. The number of rotatable bonds is 7. The highest BCUT2D eigenvalue weighted by molar-refractivity contribution is 6.39. The van der Waals surface area contributed by atoms with Crippen LogP contribution in [0.2, 0.25) is 10.0 Å². The molecule has 3 rings (SSSR count). The van der Waals surface area contributed by atoms with Gasteiger partial charge in [-0.05, 0) is 42.7 Å². The Bertz CT molecular complexity index is 1230. The summed E-state index contributed by atoms with van der Waals surface area (Å²) < 4.78 is 1.72. The van der Waals surface area contributed by atoms with E-state index in [1.165, 1.54) is 4.90 Å². The predicted molar refractivity (Wildman–Crippen MR) is 148 cm³/mol. The number of urea groups is 1. The zero-order valence-corrected chi connectivity index (χ0v) is 23.0. The molecule has 0 fully saturated rings. The summed E-state index contributed by atoms with van der Waals surface area (Å²) in [6.45, 7) is 12.4. The Morgan fingerprint density at radius 2 is 1.67 bits per heavy atom. The molecule has 36 heavy (non-hydrogen) atoms. The van der Waals surface area contributed by atoms with E-state index >= 15 is 0 Å². The Labute approximate surface area is 222 Å². The van der Waals surface area contributed by atoms with Crippen LogP contribution in [-0.4, -0.2) is 39.7 Å². The molecule has 7 nitrogen and oxygen atoms in total. The van der Waals surface area contributed by atoms with Gasteiger partial charge in [-0.15, -0.1) is 0 Å². The van der Waals surface area contributed by atoms with Crippen molar-refractivity contribution in [2.45, 2.75) is 47.0 Å². The van der Waals surface area contributed by atoms with Crippen LogP contribution >= 0.6 is 23.2 Å². The maximum Gasteiger partial charge on any atom is 0.322 e. The highest BCUT2D eigenvalue weighted by Crippen LogP contribution is 2.30. The molecule has 0 bridgehead atoms. The Kier molecular flexibility index (Phi) is 8.69. The Balaban J connectivity index is 1.85. The molecule has 0 aliphatic carbocycles. The second-order valence-corrected chi connectivity index (χ2v) is 11.1. The summed E-state index contributed by atoms with van der Waals surface area (Å²) >= 11 is 12.4. The van der Waals surface area contributed by atoms with Crippen molar-refractivity contribution in [1.82, 2.24) is 14.7 Å². The van der Waals surface area contributed by atoms with E-state index < -0.39 is 6.03 Å². The van der Waals surface area contributed by atoms with Crippen molar-refractivity contribution in [3.05, 3.63) is 69.8 Å². The minimum atomic E-state index is -0.462. The van der Waals surface area contributed by atoms with Crippen molar-refractivity contribution in [2.24, 2.45) is 5.92 Å². The predicted octanol–water partition coefficient (Wildman–Crippen LogP) is 6.91. The van der Waals surface area contributed by atoms with Crippen LogP contribution in [0.15, 0.2) is 48.5 Å². The summed E-state index contributed by atoms with van der Waals surface area (Å²) in [5.41, 5.74) is 2.85. The lowest BCUT2D eigenvalue weighted by molar-refractivity contribution is -0.116. The number of carbonyl (C=O) groups is 2. The van der Waals surface area contributed by atoms with Crippen molar-refractivity contribution in [3.8, 4) is 5.69 Å². The van der Waals surface area contributed by atoms with E-state index in [-0.39, 0.29) is 23.8 Å². The third kappa shape index (κ3) is 7.02. The van der Waals surface area contributed by atoms with Crippen LogP contribution in [-0.2, 0) is 10.2 Å². The number of hydrogen-bond acceptors (Lipinski definition) is 3. The van der Waals surface area contributed by atoms with Crippen LogP contribution in [0.4, 0.5) is 16.3 Å². The second-order valence-electron chi connectivity index (χ2n) is 10.3. The number of halogens is 2. The average Bonchev–Trinajstić information content (AvgIpc) is 3.19. The van der Waals surface area contributed by atoms with Crippen molar-refractivity contribution in [3.63, 3.8) is 0 Å². The van der Waals surface area contributed by atoms with Crippen molar-refractivity contribution < 1.29 is 9.59 Å². The fourth-order valence-corrected chi connectivity index (χ4v) is 4.10. The van der Waals surface area contributed by atoms with Crippen LogP contribution in [0, 0.1) is 12.8 Å². The summed E-state index contributed by atoms with van der Waals surface area (Å²) in [4.78, 5) is 27.7. The van der Waals surface area contributed by atoms with Gasteiger partial charge < -0.3 is 15.5 Å². The fourth-order valence-electron chi connectivity index (χ4n) is 3.61. The van der Waals surface area contributed by atoms with Gasteiger partial charge in [-0.25, -0.2) is 9.48 Å². The number of carbonyl (C=O) groups excluding carboxylic acids is 2. The van der Waals surface area contributed by atoms with Gasteiger partial charge in [0.2, 0.25) is 5.91 Å². The first-order chi connectivity index (χ1) is 16.8. The first kappa shape index (κ1) is 27.6. The number of aryl methyl sites for hydroxylation is 1. The van der Waals surface area contributed by atoms with Gasteiger partial charge in [0.15, 0.2) is 0 Å². The number of benzene rings is 2. The zero-order valence-electron chi connectivity index (χ0n) is 21.5. The van der Waals surface area contributed by atoms with Crippen molar-refractivity contribution >= 4 is 46.6 Å². The van der Waals surface area contributed by atoms with E-state index in [1.54, 1.807) is 22.9 Å². The van der Waals surface area contributed by atoms with Gasteiger partial charge in [0, 0.05) is 18.0 Å². The zero-order chi connectivity index (χ0) is 26.6. The van der Waals surface area contributed by atoms with E-state index in [0.717, 1.165) is 16.9 Å². The monoisotopic (exact) mass is 529 g/mol. The molecule has 0 atom stereocenters. The number of aromatic nitrogens is 2. The topological polar surface area (TPSA) is 79.3 Å². The molecule has 0 unspecified atom stereocenters. The fraction of sp³-hybridized carbons (Fsp3) is 0.370. The van der Waals surface area contributed by atoms with Gasteiger partial charge in [-0.3, -0.25) is 4.79 Å². The van der Waals surface area contributed by atoms with Crippen LogP contribution in [0.1, 0.15) is 45.9 Å². The SMILES string of the molecule is Cc1cccc(-n2nc(C(C)(C)C)cc2NC(=O)CN(CC(C)C)C(=O)Nc2c(Cl)cccc2Cl)c1. The quantitative estimate of drug-likeness (QED) is 0.348. The first-order valence-corrected chi connectivity index (χ1v) is 12.6. The third-order valence-corrected chi connectivity index (χ3v) is 6.02. The Hall–Kier alpha value is -3.03. The molecule has 0 saturated heterocycles.